The summed E-state index contributed by atoms with van der Waals surface area (Å²) in [5.74, 6) is 0.458. The summed E-state index contributed by atoms with van der Waals surface area (Å²) >= 11 is 0. The number of nitrogens with one attached hydrogen (secondary N) is 1. The lowest BCUT2D eigenvalue weighted by Gasteiger charge is -2.26. The third-order valence-corrected chi connectivity index (χ3v) is 2.94. The third kappa shape index (κ3) is 1.92. The molecule has 0 unspecified atom stereocenters. The molecule has 0 radical (unpaired) electrons. The molecule has 1 aromatic rings. The molecule has 0 spiro atoms. The molecule has 1 aliphatic rings. The number of H-pyrrole nitrogens is 1. The van der Waals surface area contributed by atoms with Crippen LogP contribution in [-0.2, 0) is 5.60 Å². The van der Waals surface area contributed by atoms with Crippen LogP contribution in [0.3, 0.4) is 0 Å². The van der Waals surface area contributed by atoms with Crippen LogP contribution in [-0.4, -0.2) is 25.7 Å². The van der Waals surface area contributed by atoms with E-state index >= 15 is 0 Å². The first-order valence-electron chi connectivity index (χ1n) is 5.28. The Balaban J connectivity index is 2.11. The summed E-state index contributed by atoms with van der Waals surface area (Å²) in [6, 6.07) is 0. The Morgan fingerprint density at radius 2 is 1.71 bits per heavy atom. The van der Waals surface area contributed by atoms with Crippen LogP contribution in [0.15, 0.2) is 0 Å². The molecule has 0 saturated heterocycles. The van der Waals surface area contributed by atoms with E-state index in [0.717, 1.165) is 25.7 Å². The molecule has 2 N–H and O–H groups in total. The van der Waals surface area contributed by atoms with E-state index in [9.17, 15) is 5.11 Å². The second kappa shape index (κ2) is 4.04. The molecule has 1 aliphatic carbocycles. The zero-order valence-electron chi connectivity index (χ0n) is 8.24. The summed E-state index contributed by atoms with van der Waals surface area (Å²) in [6.07, 6.45) is 7.28. The van der Waals surface area contributed by atoms with Crippen molar-refractivity contribution in [2.75, 3.05) is 0 Å². The van der Waals surface area contributed by atoms with Crippen molar-refractivity contribution in [3.8, 4) is 0 Å². The van der Waals surface area contributed by atoms with E-state index in [-0.39, 0.29) is 0 Å². The molecule has 5 nitrogen and oxygen atoms in total. The van der Waals surface area contributed by atoms with Crippen LogP contribution in [0.4, 0.5) is 0 Å². The van der Waals surface area contributed by atoms with Crippen LogP contribution >= 0.6 is 0 Å². The fourth-order valence-electron chi connectivity index (χ4n) is 2.07. The van der Waals surface area contributed by atoms with Crippen molar-refractivity contribution in [1.29, 1.82) is 0 Å². The first kappa shape index (κ1) is 9.58. The number of aliphatic hydroxyl groups is 1. The summed E-state index contributed by atoms with van der Waals surface area (Å²) in [4.78, 5) is 0. The third-order valence-electron chi connectivity index (χ3n) is 2.94. The Labute approximate surface area is 82.9 Å². The van der Waals surface area contributed by atoms with Crippen LogP contribution in [0.25, 0.3) is 0 Å². The van der Waals surface area contributed by atoms with Gasteiger partial charge in [0.15, 0.2) is 0 Å². The van der Waals surface area contributed by atoms with Crippen LogP contribution in [0, 0.1) is 0 Å². The van der Waals surface area contributed by atoms with E-state index in [2.05, 4.69) is 20.6 Å². The van der Waals surface area contributed by atoms with Gasteiger partial charge in [-0.3, -0.25) is 0 Å². The SMILES string of the molecule is OC1(c2nn[nH]n2)CCCCCCC1. The predicted octanol–water partition coefficient (Wildman–Crippen LogP) is 1.13. The fraction of sp³-hybridized carbons (Fsp3) is 0.889. The van der Waals surface area contributed by atoms with Gasteiger partial charge in [0.1, 0.15) is 5.60 Å². The minimum absolute atomic E-state index is 0.458. The molecule has 1 aromatic heterocycles. The summed E-state index contributed by atoms with van der Waals surface area (Å²) in [5, 5.41) is 24.0. The van der Waals surface area contributed by atoms with Crippen LogP contribution < -0.4 is 0 Å². The molecule has 1 heterocycles. The Hall–Kier alpha value is -0.970. The van der Waals surface area contributed by atoms with Crippen molar-refractivity contribution >= 4 is 0 Å². The van der Waals surface area contributed by atoms with E-state index in [4.69, 9.17) is 0 Å². The number of rotatable bonds is 1. The molecule has 0 bridgehead atoms. The minimum atomic E-state index is -0.840. The number of hydrogen-bond acceptors (Lipinski definition) is 4. The monoisotopic (exact) mass is 196 g/mol. The molecule has 2 rings (SSSR count). The predicted molar refractivity (Wildman–Crippen MR) is 50.4 cm³/mol. The largest absolute Gasteiger partial charge is 0.382 e. The maximum atomic E-state index is 10.4. The molecule has 0 aromatic carbocycles. The van der Waals surface area contributed by atoms with Gasteiger partial charge in [-0.1, -0.05) is 37.3 Å². The van der Waals surface area contributed by atoms with Crippen molar-refractivity contribution in [3.05, 3.63) is 5.82 Å². The van der Waals surface area contributed by atoms with Crippen molar-refractivity contribution in [2.24, 2.45) is 0 Å². The average molecular weight is 196 g/mol. The summed E-state index contributed by atoms with van der Waals surface area (Å²) < 4.78 is 0. The second-order valence-corrected chi connectivity index (χ2v) is 4.03. The van der Waals surface area contributed by atoms with E-state index < -0.39 is 5.60 Å². The minimum Gasteiger partial charge on any atom is -0.382 e. The Kier molecular flexibility index (Phi) is 2.77. The molecule has 14 heavy (non-hydrogen) atoms. The van der Waals surface area contributed by atoms with Gasteiger partial charge in [-0.15, -0.1) is 10.2 Å². The highest BCUT2D eigenvalue weighted by molar-refractivity contribution is 4.97. The lowest BCUT2D eigenvalue weighted by molar-refractivity contribution is 0.00113. The molecule has 0 atom stereocenters. The van der Waals surface area contributed by atoms with Gasteiger partial charge < -0.3 is 5.11 Å². The van der Waals surface area contributed by atoms with E-state index in [0.29, 0.717) is 5.82 Å². The van der Waals surface area contributed by atoms with Crippen molar-refractivity contribution in [1.82, 2.24) is 20.6 Å². The summed E-state index contributed by atoms with van der Waals surface area (Å²) in [5.41, 5.74) is -0.840. The highest BCUT2D eigenvalue weighted by Gasteiger charge is 2.33. The molecule has 5 heteroatoms. The van der Waals surface area contributed by atoms with Crippen LogP contribution in [0.1, 0.15) is 50.8 Å². The van der Waals surface area contributed by atoms with E-state index in [1.807, 2.05) is 0 Å². The number of nitrogens with zero attached hydrogens (tertiary/aromatic N) is 3. The fourth-order valence-corrected chi connectivity index (χ4v) is 2.07. The van der Waals surface area contributed by atoms with Crippen molar-refractivity contribution in [3.63, 3.8) is 0 Å². The highest BCUT2D eigenvalue weighted by Crippen LogP contribution is 2.32. The van der Waals surface area contributed by atoms with Gasteiger partial charge in [0.25, 0.3) is 0 Å². The molecule has 0 aliphatic heterocycles. The number of aromatic amines is 1. The van der Waals surface area contributed by atoms with E-state index in [1.54, 1.807) is 0 Å². The van der Waals surface area contributed by atoms with Gasteiger partial charge >= 0.3 is 0 Å². The van der Waals surface area contributed by atoms with Gasteiger partial charge in [0.2, 0.25) is 5.82 Å². The number of aromatic nitrogens is 4. The van der Waals surface area contributed by atoms with E-state index in [1.165, 1.54) is 19.3 Å². The first-order valence-corrected chi connectivity index (χ1v) is 5.28. The van der Waals surface area contributed by atoms with Gasteiger partial charge in [-0.05, 0) is 12.8 Å². The molecule has 0 amide bonds. The molecule has 1 saturated carbocycles. The lowest BCUT2D eigenvalue weighted by atomic mass is 9.86. The number of tetrazole rings is 1. The highest BCUT2D eigenvalue weighted by atomic mass is 16.3. The van der Waals surface area contributed by atoms with Gasteiger partial charge in [0, 0.05) is 0 Å². The quantitative estimate of drug-likeness (QED) is 0.706. The van der Waals surface area contributed by atoms with Crippen LogP contribution in [0.2, 0.25) is 0 Å². The maximum absolute atomic E-state index is 10.4. The zero-order chi connectivity index (χ0) is 9.86. The normalized spacial score (nSPS) is 22.6. The summed E-state index contributed by atoms with van der Waals surface area (Å²) in [7, 11) is 0. The first-order chi connectivity index (χ1) is 6.81. The van der Waals surface area contributed by atoms with Crippen molar-refractivity contribution in [2.45, 2.75) is 50.5 Å². The smallest absolute Gasteiger partial charge is 0.205 e. The van der Waals surface area contributed by atoms with Crippen molar-refractivity contribution < 1.29 is 5.11 Å². The Bertz CT molecular complexity index is 264. The average Bonchev–Trinajstić information content (AvgIpc) is 2.65. The topological polar surface area (TPSA) is 74.7 Å². The Morgan fingerprint density at radius 1 is 1.07 bits per heavy atom. The molecule has 78 valence electrons. The summed E-state index contributed by atoms with van der Waals surface area (Å²) in [6.45, 7) is 0. The van der Waals surface area contributed by atoms with Gasteiger partial charge in [-0.2, -0.15) is 5.21 Å². The standard InChI is InChI=1S/C9H16N4O/c14-9(8-10-12-13-11-8)6-4-2-1-3-5-7-9/h14H,1-7H2,(H,10,11,12,13). The number of hydrogen-bond donors (Lipinski definition) is 2. The zero-order valence-corrected chi connectivity index (χ0v) is 8.24. The Morgan fingerprint density at radius 3 is 2.29 bits per heavy atom. The molecule has 1 fully saturated rings. The lowest BCUT2D eigenvalue weighted by Crippen LogP contribution is -2.28. The van der Waals surface area contributed by atoms with Gasteiger partial charge in [0.05, 0.1) is 0 Å². The maximum Gasteiger partial charge on any atom is 0.205 e. The molecular weight excluding hydrogens is 180 g/mol. The molecular formula is C9H16N4O. The van der Waals surface area contributed by atoms with Crippen LogP contribution in [0.5, 0.6) is 0 Å². The second-order valence-electron chi connectivity index (χ2n) is 4.03. The van der Waals surface area contributed by atoms with Gasteiger partial charge in [-0.25, -0.2) is 0 Å².